The summed E-state index contributed by atoms with van der Waals surface area (Å²) in [7, 11) is 1.58. The molecule has 0 radical (unpaired) electrons. The summed E-state index contributed by atoms with van der Waals surface area (Å²) in [4.78, 5) is 0. The lowest BCUT2D eigenvalue weighted by atomic mass is 9.96. The van der Waals surface area contributed by atoms with Gasteiger partial charge < -0.3 is 10.4 Å². The summed E-state index contributed by atoms with van der Waals surface area (Å²) >= 11 is 0. The van der Waals surface area contributed by atoms with Crippen molar-refractivity contribution in [1.29, 1.82) is 0 Å². The highest BCUT2D eigenvalue weighted by molar-refractivity contribution is 5.38. The van der Waals surface area contributed by atoms with Gasteiger partial charge in [-0.15, -0.1) is 0 Å². The van der Waals surface area contributed by atoms with Gasteiger partial charge in [-0.25, -0.2) is 0 Å². The van der Waals surface area contributed by atoms with Crippen LogP contribution in [0.15, 0.2) is 18.2 Å². The molecule has 0 amide bonds. The van der Waals surface area contributed by atoms with E-state index in [2.05, 4.69) is 5.32 Å². The molecule has 0 aromatic heterocycles. The van der Waals surface area contributed by atoms with E-state index in [0.717, 1.165) is 6.07 Å². The van der Waals surface area contributed by atoms with E-state index in [1.54, 1.807) is 20.0 Å². The number of likely N-dealkylation sites (N-methyl/N-ethyl adjacent to an activating group) is 1. The summed E-state index contributed by atoms with van der Waals surface area (Å²) in [5, 5.41) is 12.3. The maximum absolute atomic E-state index is 12.7. The molecule has 90 valence electrons. The number of rotatable bonds is 3. The van der Waals surface area contributed by atoms with Gasteiger partial charge in [-0.2, -0.15) is 13.2 Å². The Labute approximate surface area is 92.1 Å². The molecule has 0 bridgehead atoms. The molecular weight excluding hydrogens is 219 g/mol. The lowest BCUT2D eigenvalue weighted by Crippen LogP contribution is -2.21. The van der Waals surface area contributed by atoms with Crippen LogP contribution in [0.2, 0.25) is 0 Å². The summed E-state index contributed by atoms with van der Waals surface area (Å²) in [5.74, 6) is 0. The van der Waals surface area contributed by atoms with Gasteiger partial charge in [0.25, 0.3) is 0 Å². The van der Waals surface area contributed by atoms with Crippen LogP contribution < -0.4 is 5.32 Å². The van der Waals surface area contributed by atoms with Gasteiger partial charge in [0, 0.05) is 6.54 Å². The summed E-state index contributed by atoms with van der Waals surface area (Å²) in [6, 6.07) is 3.89. The summed E-state index contributed by atoms with van der Waals surface area (Å²) in [6.45, 7) is 1.65. The molecule has 1 aromatic rings. The van der Waals surface area contributed by atoms with E-state index in [9.17, 15) is 18.3 Å². The minimum atomic E-state index is -4.43. The lowest BCUT2D eigenvalue weighted by molar-refractivity contribution is -0.139. The monoisotopic (exact) mass is 233 g/mol. The van der Waals surface area contributed by atoms with Crippen LogP contribution in [0.5, 0.6) is 0 Å². The van der Waals surface area contributed by atoms with Crippen molar-refractivity contribution in [2.45, 2.75) is 19.2 Å². The van der Waals surface area contributed by atoms with Crippen molar-refractivity contribution in [1.82, 2.24) is 5.32 Å². The molecule has 0 spiro atoms. The number of hydrogen-bond donors (Lipinski definition) is 2. The molecule has 16 heavy (non-hydrogen) atoms. The molecule has 0 aliphatic rings. The Morgan fingerprint density at radius 2 is 2.00 bits per heavy atom. The van der Waals surface area contributed by atoms with Crippen molar-refractivity contribution in [2.24, 2.45) is 0 Å². The Hall–Kier alpha value is -1.07. The summed E-state index contributed by atoms with van der Waals surface area (Å²) < 4.78 is 38.1. The standard InChI is InChI=1S/C11H14F3NO/c1-7-4-3-5-8(11(12,13)14)10(7)9(16)6-15-2/h3-5,9,15-16H,6H2,1-2H3. The second-order valence-electron chi connectivity index (χ2n) is 3.61. The molecule has 1 atom stereocenters. The Morgan fingerprint density at radius 1 is 1.38 bits per heavy atom. The van der Waals surface area contributed by atoms with Crippen LogP contribution >= 0.6 is 0 Å². The number of hydrogen-bond acceptors (Lipinski definition) is 2. The first kappa shape index (κ1) is 13.0. The first-order valence-electron chi connectivity index (χ1n) is 4.87. The number of aliphatic hydroxyl groups excluding tert-OH is 1. The van der Waals surface area contributed by atoms with Crippen LogP contribution in [0.1, 0.15) is 22.8 Å². The van der Waals surface area contributed by atoms with E-state index < -0.39 is 17.8 Å². The van der Waals surface area contributed by atoms with Gasteiger partial charge in [0.1, 0.15) is 0 Å². The first-order valence-corrected chi connectivity index (χ1v) is 4.87. The van der Waals surface area contributed by atoms with Crippen LogP contribution in [-0.4, -0.2) is 18.7 Å². The molecule has 1 aromatic carbocycles. The van der Waals surface area contributed by atoms with Crippen molar-refractivity contribution in [3.8, 4) is 0 Å². The minimum absolute atomic E-state index is 0.0515. The Balaban J connectivity index is 3.24. The Kier molecular flexibility index (Phi) is 3.93. The van der Waals surface area contributed by atoms with E-state index in [1.165, 1.54) is 6.07 Å². The smallest absolute Gasteiger partial charge is 0.387 e. The number of nitrogens with one attached hydrogen (secondary N) is 1. The van der Waals surface area contributed by atoms with Crippen molar-refractivity contribution >= 4 is 0 Å². The fourth-order valence-corrected chi connectivity index (χ4v) is 1.67. The van der Waals surface area contributed by atoms with Gasteiger partial charge in [-0.05, 0) is 31.2 Å². The molecule has 0 heterocycles. The van der Waals surface area contributed by atoms with Gasteiger partial charge in [0.2, 0.25) is 0 Å². The maximum Gasteiger partial charge on any atom is 0.416 e. The molecule has 0 saturated carbocycles. The third-order valence-electron chi connectivity index (χ3n) is 2.36. The van der Waals surface area contributed by atoms with E-state index in [0.29, 0.717) is 5.56 Å². The summed E-state index contributed by atoms with van der Waals surface area (Å²) in [6.07, 6.45) is -5.58. The average molecular weight is 233 g/mol. The normalized spacial score (nSPS) is 13.9. The van der Waals surface area contributed by atoms with Crippen molar-refractivity contribution in [3.05, 3.63) is 34.9 Å². The zero-order valence-corrected chi connectivity index (χ0v) is 9.10. The predicted molar refractivity (Wildman–Crippen MR) is 55.1 cm³/mol. The van der Waals surface area contributed by atoms with Crippen LogP contribution in [0, 0.1) is 6.92 Å². The van der Waals surface area contributed by atoms with Crippen molar-refractivity contribution in [3.63, 3.8) is 0 Å². The molecule has 2 N–H and O–H groups in total. The van der Waals surface area contributed by atoms with E-state index >= 15 is 0 Å². The quantitative estimate of drug-likeness (QED) is 0.839. The zero-order chi connectivity index (χ0) is 12.3. The SMILES string of the molecule is CNCC(O)c1c(C)cccc1C(F)(F)F. The van der Waals surface area contributed by atoms with Gasteiger partial charge in [0.05, 0.1) is 11.7 Å². The van der Waals surface area contributed by atoms with Crippen LogP contribution in [0.4, 0.5) is 13.2 Å². The average Bonchev–Trinajstić information content (AvgIpc) is 2.16. The third-order valence-corrected chi connectivity index (χ3v) is 2.36. The number of benzene rings is 1. The largest absolute Gasteiger partial charge is 0.416 e. The van der Waals surface area contributed by atoms with Gasteiger partial charge >= 0.3 is 6.18 Å². The van der Waals surface area contributed by atoms with Gasteiger partial charge in [0.15, 0.2) is 0 Å². The molecule has 0 aliphatic heterocycles. The van der Waals surface area contributed by atoms with Gasteiger partial charge in [-0.1, -0.05) is 12.1 Å². The fourth-order valence-electron chi connectivity index (χ4n) is 1.67. The predicted octanol–water partition coefficient (Wildman–Crippen LogP) is 2.27. The van der Waals surface area contributed by atoms with E-state index in [1.807, 2.05) is 0 Å². The van der Waals surface area contributed by atoms with Crippen LogP contribution in [-0.2, 0) is 6.18 Å². The molecule has 5 heteroatoms. The second-order valence-corrected chi connectivity index (χ2v) is 3.61. The molecule has 1 rings (SSSR count). The number of aliphatic hydroxyl groups is 1. The van der Waals surface area contributed by atoms with Gasteiger partial charge in [-0.3, -0.25) is 0 Å². The van der Waals surface area contributed by atoms with Crippen LogP contribution in [0.3, 0.4) is 0 Å². The molecule has 1 unspecified atom stereocenters. The fraction of sp³-hybridized carbons (Fsp3) is 0.455. The van der Waals surface area contributed by atoms with E-state index in [4.69, 9.17) is 0 Å². The maximum atomic E-state index is 12.7. The number of alkyl halides is 3. The Bertz CT molecular complexity index is 363. The first-order chi connectivity index (χ1) is 7.38. The number of halogens is 3. The molecule has 2 nitrogen and oxygen atoms in total. The zero-order valence-electron chi connectivity index (χ0n) is 9.10. The van der Waals surface area contributed by atoms with Crippen molar-refractivity contribution < 1.29 is 18.3 Å². The van der Waals surface area contributed by atoms with E-state index in [-0.39, 0.29) is 12.1 Å². The van der Waals surface area contributed by atoms with Crippen LogP contribution in [0.25, 0.3) is 0 Å². The summed E-state index contributed by atoms with van der Waals surface area (Å²) in [5.41, 5.74) is -0.378. The molecule has 0 saturated heterocycles. The molecular formula is C11H14F3NO. The topological polar surface area (TPSA) is 32.3 Å². The highest BCUT2D eigenvalue weighted by Gasteiger charge is 2.35. The molecule has 0 fully saturated rings. The third kappa shape index (κ3) is 2.74. The highest BCUT2D eigenvalue weighted by atomic mass is 19.4. The minimum Gasteiger partial charge on any atom is -0.387 e. The Morgan fingerprint density at radius 3 is 2.50 bits per heavy atom. The second kappa shape index (κ2) is 4.84. The number of aryl methyl sites for hydroxylation is 1. The van der Waals surface area contributed by atoms with Crippen molar-refractivity contribution in [2.75, 3.05) is 13.6 Å². The lowest BCUT2D eigenvalue weighted by Gasteiger charge is -2.19. The highest BCUT2D eigenvalue weighted by Crippen LogP contribution is 2.35. The molecule has 0 aliphatic carbocycles.